The summed E-state index contributed by atoms with van der Waals surface area (Å²) >= 11 is 6.24. The van der Waals surface area contributed by atoms with Crippen molar-refractivity contribution in [2.45, 2.75) is 6.42 Å². The number of carbonyl (C=O) groups is 1. The molecule has 1 aliphatic rings. The monoisotopic (exact) mass is 343 g/mol. The number of amides is 1. The number of carbonyl (C=O) groups excluding carboxylic acids is 1. The van der Waals surface area contributed by atoms with Crippen molar-refractivity contribution < 1.29 is 14.3 Å². The molecular formula is C19H18ClNO3. The summed E-state index contributed by atoms with van der Waals surface area (Å²) in [7, 11) is 0. The molecule has 2 aromatic rings. The maximum atomic E-state index is 12.7. The first-order chi connectivity index (χ1) is 11.7. The van der Waals surface area contributed by atoms with Crippen LogP contribution in [0.15, 0.2) is 55.1 Å². The van der Waals surface area contributed by atoms with Crippen LogP contribution in [0.5, 0.6) is 11.5 Å². The minimum absolute atomic E-state index is 0.0335. The molecule has 1 aliphatic heterocycles. The fourth-order valence-corrected chi connectivity index (χ4v) is 2.91. The predicted octanol–water partition coefficient (Wildman–Crippen LogP) is 3.87. The number of rotatable bonds is 5. The SMILES string of the molecule is C=CCN(C(=O)Cc1cc(Cl)c2c(c1)OCCO2)c1ccccc1. The lowest BCUT2D eigenvalue weighted by atomic mass is 10.1. The third-order valence-electron chi connectivity index (χ3n) is 3.69. The van der Waals surface area contributed by atoms with E-state index in [0.29, 0.717) is 36.3 Å². The van der Waals surface area contributed by atoms with Gasteiger partial charge in [0.25, 0.3) is 0 Å². The first kappa shape index (κ1) is 16.4. The van der Waals surface area contributed by atoms with Gasteiger partial charge in [-0.2, -0.15) is 0 Å². The Bertz CT molecular complexity index is 746. The highest BCUT2D eigenvalue weighted by Crippen LogP contribution is 2.38. The van der Waals surface area contributed by atoms with Gasteiger partial charge < -0.3 is 14.4 Å². The van der Waals surface area contributed by atoms with Crippen molar-refractivity contribution in [3.63, 3.8) is 0 Å². The average Bonchev–Trinajstić information content (AvgIpc) is 2.60. The molecule has 0 bridgehead atoms. The van der Waals surface area contributed by atoms with E-state index in [1.54, 1.807) is 17.0 Å². The van der Waals surface area contributed by atoms with Crippen molar-refractivity contribution in [1.82, 2.24) is 0 Å². The zero-order valence-corrected chi connectivity index (χ0v) is 14.0. The van der Waals surface area contributed by atoms with Crippen LogP contribution in [-0.2, 0) is 11.2 Å². The Kier molecular flexibility index (Phi) is 5.06. The van der Waals surface area contributed by atoms with Crippen LogP contribution in [0, 0.1) is 0 Å². The molecule has 2 aromatic carbocycles. The Hall–Kier alpha value is -2.46. The molecule has 124 valence electrons. The van der Waals surface area contributed by atoms with Gasteiger partial charge in [0, 0.05) is 12.2 Å². The van der Waals surface area contributed by atoms with E-state index in [-0.39, 0.29) is 12.3 Å². The third kappa shape index (κ3) is 3.54. The molecule has 0 saturated heterocycles. The Morgan fingerprint density at radius 2 is 1.96 bits per heavy atom. The van der Waals surface area contributed by atoms with Gasteiger partial charge in [-0.3, -0.25) is 4.79 Å². The molecule has 1 amide bonds. The molecule has 0 saturated carbocycles. The lowest BCUT2D eigenvalue weighted by molar-refractivity contribution is -0.117. The van der Waals surface area contributed by atoms with Crippen LogP contribution in [0.3, 0.4) is 0 Å². The summed E-state index contributed by atoms with van der Waals surface area (Å²) in [5.74, 6) is 1.10. The van der Waals surface area contributed by atoms with Crippen LogP contribution in [0.2, 0.25) is 5.02 Å². The van der Waals surface area contributed by atoms with Gasteiger partial charge in [-0.15, -0.1) is 6.58 Å². The first-order valence-corrected chi connectivity index (χ1v) is 8.11. The Morgan fingerprint density at radius 3 is 2.71 bits per heavy atom. The van der Waals surface area contributed by atoms with E-state index < -0.39 is 0 Å². The smallest absolute Gasteiger partial charge is 0.231 e. The molecule has 3 rings (SSSR count). The van der Waals surface area contributed by atoms with Crippen LogP contribution in [0.1, 0.15) is 5.56 Å². The second-order valence-electron chi connectivity index (χ2n) is 5.41. The lowest BCUT2D eigenvalue weighted by Crippen LogP contribution is -2.32. The number of ether oxygens (including phenoxy) is 2. The molecule has 0 aliphatic carbocycles. The molecule has 0 N–H and O–H groups in total. The zero-order chi connectivity index (χ0) is 16.9. The lowest BCUT2D eigenvalue weighted by Gasteiger charge is -2.23. The van der Waals surface area contributed by atoms with Crippen molar-refractivity contribution in [3.8, 4) is 11.5 Å². The summed E-state index contributed by atoms with van der Waals surface area (Å²) in [6.45, 7) is 5.14. The molecule has 24 heavy (non-hydrogen) atoms. The van der Waals surface area contributed by atoms with Crippen LogP contribution < -0.4 is 14.4 Å². The number of hydrogen-bond donors (Lipinski definition) is 0. The van der Waals surface area contributed by atoms with Gasteiger partial charge in [0.1, 0.15) is 13.2 Å². The number of halogens is 1. The maximum absolute atomic E-state index is 12.7. The van der Waals surface area contributed by atoms with Crippen molar-refractivity contribution in [3.05, 3.63) is 65.7 Å². The summed E-state index contributed by atoms with van der Waals surface area (Å²) < 4.78 is 11.1. The van der Waals surface area contributed by atoms with Gasteiger partial charge in [-0.1, -0.05) is 35.9 Å². The topological polar surface area (TPSA) is 38.8 Å². The summed E-state index contributed by atoms with van der Waals surface area (Å²) in [5, 5.41) is 0.463. The molecule has 0 radical (unpaired) electrons. The second kappa shape index (κ2) is 7.41. The van der Waals surface area contributed by atoms with Crippen LogP contribution >= 0.6 is 11.6 Å². The number of para-hydroxylation sites is 1. The summed E-state index contributed by atoms with van der Waals surface area (Å²) in [5.41, 5.74) is 1.63. The second-order valence-corrected chi connectivity index (χ2v) is 5.81. The minimum atomic E-state index is -0.0335. The number of nitrogens with zero attached hydrogens (tertiary/aromatic N) is 1. The fourth-order valence-electron chi connectivity index (χ4n) is 2.62. The molecule has 1 heterocycles. The number of benzene rings is 2. The van der Waals surface area contributed by atoms with E-state index in [0.717, 1.165) is 11.3 Å². The molecule has 0 fully saturated rings. The van der Waals surface area contributed by atoms with Crippen molar-refractivity contribution in [1.29, 1.82) is 0 Å². The highest BCUT2D eigenvalue weighted by atomic mass is 35.5. The van der Waals surface area contributed by atoms with Gasteiger partial charge in [0.05, 0.1) is 11.4 Å². The van der Waals surface area contributed by atoms with Crippen LogP contribution in [0.25, 0.3) is 0 Å². The largest absolute Gasteiger partial charge is 0.486 e. The molecule has 0 unspecified atom stereocenters. The molecule has 0 atom stereocenters. The van der Waals surface area contributed by atoms with E-state index in [2.05, 4.69) is 6.58 Å². The summed E-state index contributed by atoms with van der Waals surface area (Å²) in [4.78, 5) is 14.4. The summed E-state index contributed by atoms with van der Waals surface area (Å²) in [6.07, 6.45) is 1.93. The molecular weight excluding hydrogens is 326 g/mol. The Labute approximate surface area is 146 Å². The standard InChI is InChI=1S/C19H18ClNO3/c1-2-8-21(15-6-4-3-5-7-15)18(22)13-14-11-16(20)19-17(12-14)23-9-10-24-19/h2-7,11-12H,1,8-10,13H2. The van der Waals surface area contributed by atoms with Gasteiger partial charge >= 0.3 is 0 Å². The van der Waals surface area contributed by atoms with E-state index in [1.165, 1.54) is 0 Å². The summed E-state index contributed by atoms with van der Waals surface area (Å²) in [6, 6.07) is 13.1. The van der Waals surface area contributed by atoms with Crippen LogP contribution in [0.4, 0.5) is 5.69 Å². The van der Waals surface area contributed by atoms with Crippen molar-refractivity contribution in [2.75, 3.05) is 24.7 Å². The minimum Gasteiger partial charge on any atom is -0.486 e. The Morgan fingerprint density at radius 1 is 1.21 bits per heavy atom. The zero-order valence-electron chi connectivity index (χ0n) is 13.2. The van der Waals surface area contributed by atoms with Gasteiger partial charge in [-0.05, 0) is 29.8 Å². The molecule has 0 aromatic heterocycles. The maximum Gasteiger partial charge on any atom is 0.231 e. The van der Waals surface area contributed by atoms with Crippen LogP contribution in [-0.4, -0.2) is 25.7 Å². The number of anilines is 1. The van der Waals surface area contributed by atoms with Crippen molar-refractivity contribution >= 4 is 23.2 Å². The normalized spacial score (nSPS) is 12.5. The number of fused-ring (bicyclic) bond motifs is 1. The van der Waals surface area contributed by atoms with Crippen molar-refractivity contribution in [2.24, 2.45) is 0 Å². The highest BCUT2D eigenvalue weighted by molar-refractivity contribution is 6.32. The molecule has 4 nitrogen and oxygen atoms in total. The van der Waals surface area contributed by atoms with Gasteiger partial charge in [0.2, 0.25) is 5.91 Å². The number of hydrogen-bond acceptors (Lipinski definition) is 3. The Balaban J connectivity index is 1.82. The fraction of sp³-hybridized carbons (Fsp3) is 0.211. The van der Waals surface area contributed by atoms with E-state index in [1.807, 2.05) is 36.4 Å². The highest BCUT2D eigenvalue weighted by Gasteiger charge is 2.20. The predicted molar refractivity (Wildman–Crippen MR) is 95.1 cm³/mol. The average molecular weight is 344 g/mol. The molecule has 0 spiro atoms. The first-order valence-electron chi connectivity index (χ1n) is 7.73. The van der Waals surface area contributed by atoms with E-state index in [4.69, 9.17) is 21.1 Å². The van der Waals surface area contributed by atoms with E-state index in [9.17, 15) is 4.79 Å². The van der Waals surface area contributed by atoms with Gasteiger partial charge in [0.15, 0.2) is 11.5 Å². The third-order valence-corrected chi connectivity index (χ3v) is 3.97. The quantitative estimate of drug-likeness (QED) is 0.773. The molecule has 5 heteroatoms. The van der Waals surface area contributed by atoms with E-state index >= 15 is 0 Å². The van der Waals surface area contributed by atoms with Gasteiger partial charge in [-0.25, -0.2) is 0 Å².